The fourth-order valence-corrected chi connectivity index (χ4v) is 0.873. The van der Waals surface area contributed by atoms with E-state index in [0.29, 0.717) is 0 Å². The Morgan fingerprint density at radius 3 is 1.50 bits per heavy atom. The summed E-state index contributed by atoms with van der Waals surface area (Å²) >= 11 is 0. The molecule has 2 N–H and O–H groups in total. The zero-order valence-electron chi connectivity index (χ0n) is 10.8. The fourth-order valence-electron chi connectivity index (χ4n) is 0.873. The molecule has 0 aromatic carbocycles. The van der Waals surface area contributed by atoms with Crippen LogP contribution in [0.5, 0.6) is 0 Å². The van der Waals surface area contributed by atoms with Crippen molar-refractivity contribution in [1.82, 2.24) is 0 Å². The Kier molecular flexibility index (Phi) is 8.39. The molecular weight excluding hydrogens is 330 g/mol. The highest BCUT2D eigenvalue weighted by atomic mass is 19.4. The van der Waals surface area contributed by atoms with Crippen molar-refractivity contribution in [3.8, 4) is 0 Å². The topological polar surface area (TPSA) is 109 Å². The van der Waals surface area contributed by atoms with E-state index in [1.165, 1.54) is 6.92 Å². The van der Waals surface area contributed by atoms with Gasteiger partial charge in [0, 0.05) is 0 Å². The molecule has 0 aliphatic rings. The molecule has 0 bridgehead atoms. The second-order valence-electron chi connectivity index (χ2n) is 3.60. The van der Waals surface area contributed by atoms with Crippen molar-refractivity contribution in [3.05, 3.63) is 0 Å². The number of carbonyl (C=O) groups is 4. The monoisotopic (exact) mass is 340 g/mol. The smallest absolute Gasteiger partial charge is 0.450 e. The zero-order valence-corrected chi connectivity index (χ0v) is 10.8. The van der Waals surface area contributed by atoms with Gasteiger partial charge in [0.2, 0.25) is 11.6 Å². The van der Waals surface area contributed by atoms with Gasteiger partial charge in [0.15, 0.2) is 6.67 Å². The molecule has 0 heterocycles. The minimum absolute atomic E-state index is 0.353. The van der Waals surface area contributed by atoms with Crippen LogP contribution >= 0.6 is 0 Å². The average Bonchev–Trinajstić information content (AvgIpc) is 2.37. The molecular formula is C10H10F6O6. The fraction of sp³-hybridized carbons (Fsp3) is 0.600. The quantitative estimate of drug-likeness (QED) is 0.560. The number of carboxylic acid groups (broad SMARTS) is 2. The zero-order chi connectivity index (χ0) is 18.3. The maximum Gasteiger partial charge on any atom is 0.450 e. The van der Waals surface area contributed by atoms with Gasteiger partial charge in [-0.05, 0) is 6.42 Å². The molecule has 12 heteroatoms. The predicted octanol–water partition coefficient (Wildman–Crippen LogP) is 1.47. The third kappa shape index (κ3) is 6.54. The molecule has 0 spiro atoms. The number of carboxylic acids is 2. The predicted molar refractivity (Wildman–Crippen MR) is 56.0 cm³/mol. The van der Waals surface area contributed by atoms with Gasteiger partial charge in [0.1, 0.15) is 5.92 Å². The summed E-state index contributed by atoms with van der Waals surface area (Å²) in [6.45, 7) is -0.762. The number of hydrogen-bond acceptors (Lipinski definition) is 4. The first-order chi connectivity index (χ1) is 9.73. The lowest BCUT2D eigenvalue weighted by molar-refractivity contribution is -0.179. The molecule has 0 rings (SSSR count). The Bertz CT molecular complexity index is 444. The van der Waals surface area contributed by atoms with Crippen LogP contribution in [0.3, 0.4) is 0 Å². The number of carbonyl (C=O) groups excluding carboxylic acids is 2. The van der Waals surface area contributed by atoms with Crippen molar-refractivity contribution in [2.75, 3.05) is 6.67 Å². The third-order valence-electron chi connectivity index (χ3n) is 2.04. The molecule has 22 heavy (non-hydrogen) atoms. The molecule has 0 fully saturated rings. The van der Waals surface area contributed by atoms with E-state index in [0.717, 1.165) is 0 Å². The number of hydrogen-bond donors (Lipinski definition) is 2. The van der Waals surface area contributed by atoms with Crippen LogP contribution in [0.25, 0.3) is 0 Å². The summed E-state index contributed by atoms with van der Waals surface area (Å²) < 4.78 is 69.6. The number of Topliss-reactive ketones (excluding diaryl/α,β-unsaturated/α-hetero) is 2. The molecule has 0 aliphatic heterocycles. The summed E-state index contributed by atoms with van der Waals surface area (Å²) in [5, 5.41) is 15.8. The van der Waals surface area contributed by atoms with E-state index in [9.17, 15) is 45.5 Å². The highest BCUT2D eigenvalue weighted by molar-refractivity contribution is 6.05. The van der Waals surface area contributed by atoms with Crippen molar-refractivity contribution >= 4 is 23.5 Å². The van der Waals surface area contributed by atoms with E-state index in [1.54, 1.807) is 0 Å². The van der Waals surface area contributed by atoms with E-state index in [1.807, 2.05) is 0 Å². The molecule has 1 unspecified atom stereocenters. The Balaban J connectivity index is 0. The van der Waals surface area contributed by atoms with Gasteiger partial charge in [-0.1, -0.05) is 6.92 Å². The first-order valence-corrected chi connectivity index (χ1v) is 5.27. The van der Waals surface area contributed by atoms with E-state index >= 15 is 0 Å². The largest absolute Gasteiger partial charge is 0.481 e. The van der Waals surface area contributed by atoms with Gasteiger partial charge in [-0.15, -0.1) is 0 Å². The van der Waals surface area contributed by atoms with Gasteiger partial charge in [0.25, 0.3) is 0 Å². The molecule has 1 atom stereocenters. The lowest BCUT2D eigenvalue weighted by Gasteiger charge is -2.10. The Morgan fingerprint density at radius 1 is 1.00 bits per heavy atom. The highest BCUT2D eigenvalue weighted by Crippen LogP contribution is 2.22. The summed E-state index contributed by atoms with van der Waals surface area (Å²) in [6, 6.07) is 0. The van der Waals surface area contributed by atoms with Crippen LogP contribution in [0.15, 0.2) is 0 Å². The molecule has 0 saturated heterocycles. The summed E-state index contributed by atoms with van der Waals surface area (Å²) in [5.74, 6) is -15.4. The van der Waals surface area contributed by atoms with Gasteiger partial charge in [-0.2, -0.15) is 22.0 Å². The molecule has 0 aliphatic carbocycles. The molecule has 0 amide bonds. The Morgan fingerprint density at radius 2 is 1.41 bits per heavy atom. The minimum atomic E-state index is -5.06. The second kappa shape index (κ2) is 8.34. The highest BCUT2D eigenvalue weighted by Gasteiger charge is 2.47. The maximum atomic E-state index is 11.8. The molecule has 0 radical (unpaired) electrons. The van der Waals surface area contributed by atoms with Crippen molar-refractivity contribution in [3.63, 3.8) is 0 Å². The first kappa shape index (κ1) is 22.1. The summed E-state index contributed by atoms with van der Waals surface area (Å²) in [4.78, 5) is 39.7. The van der Waals surface area contributed by atoms with Crippen molar-refractivity contribution < 1.29 is 55.7 Å². The van der Waals surface area contributed by atoms with Gasteiger partial charge in [-0.25, -0.2) is 9.18 Å². The van der Waals surface area contributed by atoms with Gasteiger partial charge in [-0.3, -0.25) is 14.4 Å². The second-order valence-corrected chi connectivity index (χ2v) is 3.60. The number of alkyl halides is 6. The van der Waals surface area contributed by atoms with Crippen molar-refractivity contribution in [1.29, 1.82) is 0 Å². The van der Waals surface area contributed by atoms with Crippen LogP contribution in [0, 0.1) is 5.92 Å². The van der Waals surface area contributed by atoms with Crippen LogP contribution in [0.1, 0.15) is 13.3 Å². The van der Waals surface area contributed by atoms with E-state index in [2.05, 4.69) is 0 Å². The molecule has 0 aromatic heterocycles. The first-order valence-electron chi connectivity index (χ1n) is 5.27. The Labute approximate surface area is 118 Å². The lowest BCUT2D eigenvalue weighted by Crippen LogP contribution is -2.38. The van der Waals surface area contributed by atoms with Crippen molar-refractivity contribution in [2.24, 2.45) is 5.92 Å². The van der Waals surface area contributed by atoms with Crippen LogP contribution in [-0.4, -0.2) is 52.5 Å². The van der Waals surface area contributed by atoms with Gasteiger partial charge in [0.05, 0.1) is 0 Å². The van der Waals surface area contributed by atoms with E-state index in [-0.39, 0.29) is 6.42 Å². The minimum Gasteiger partial charge on any atom is -0.481 e. The number of halogens is 6. The normalized spacial score (nSPS) is 12.7. The SMILES string of the molecule is CCC(C(=O)O)C(=O)C(F)(F)F.O=C(O)C(F)(F)C(=O)CF. The molecule has 0 aromatic rings. The van der Waals surface area contributed by atoms with Crippen molar-refractivity contribution in [2.45, 2.75) is 25.4 Å². The molecule has 6 nitrogen and oxygen atoms in total. The summed E-state index contributed by atoms with van der Waals surface area (Å²) in [6.07, 6.45) is -5.41. The van der Waals surface area contributed by atoms with Crippen LogP contribution in [0.2, 0.25) is 0 Å². The number of ketones is 2. The van der Waals surface area contributed by atoms with E-state index in [4.69, 9.17) is 10.2 Å². The number of rotatable bonds is 6. The lowest BCUT2D eigenvalue weighted by atomic mass is 10.0. The number of aliphatic carboxylic acids is 2. The third-order valence-corrected chi connectivity index (χ3v) is 2.04. The molecule has 128 valence electrons. The van der Waals surface area contributed by atoms with Gasteiger partial charge < -0.3 is 10.2 Å². The van der Waals surface area contributed by atoms with Crippen LogP contribution in [-0.2, 0) is 19.2 Å². The maximum absolute atomic E-state index is 11.8. The van der Waals surface area contributed by atoms with Crippen LogP contribution in [0.4, 0.5) is 26.3 Å². The van der Waals surface area contributed by atoms with E-state index < -0.39 is 48.2 Å². The standard InChI is InChI=1S/C6H7F3O3.C4H3F3O3/c1-2-3(5(11)12)4(10)6(7,8)9;5-1-2(8)4(6,7)3(9)10/h3H,2H2,1H3,(H,11,12);1H2,(H,9,10). The Hall–Kier alpha value is -2.14. The van der Waals surface area contributed by atoms with Gasteiger partial charge >= 0.3 is 24.0 Å². The summed E-state index contributed by atoms with van der Waals surface area (Å²) in [5.41, 5.74) is 0. The molecule has 0 saturated carbocycles. The summed E-state index contributed by atoms with van der Waals surface area (Å²) in [7, 11) is 0. The van der Waals surface area contributed by atoms with Crippen LogP contribution < -0.4 is 0 Å². The average molecular weight is 340 g/mol.